The first-order valence-electron chi connectivity index (χ1n) is 12.6. The second-order valence-electron chi connectivity index (χ2n) is 9.47. The Kier molecular flexibility index (Phi) is 14.8. The van der Waals surface area contributed by atoms with Gasteiger partial charge in [-0.25, -0.2) is 9.79 Å². The number of rotatable bonds is 19. The molecule has 1 rings (SSSR count). The standard InChI is InChI=1S/C26H46N5O2/c1-4-5-6-7-8-9-11-21(14-13-20(2)3)15-16-23(31-24-12-10-17-29-24)22(18-25(32)33)19-30-26(27)28/h10,12,17-18,20-21,23,29H,4-9,11,13-16,19H2,1-3H3,(H,32,33)(H4,27,28,30)/q-1. The summed E-state index contributed by atoms with van der Waals surface area (Å²) in [6, 6.07) is 3.49. The summed E-state index contributed by atoms with van der Waals surface area (Å²) in [5.41, 5.74) is 11.6. The number of carbonyl (C=O) groups is 1. The highest BCUT2D eigenvalue weighted by molar-refractivity contribution is 5.81. The van der Waals surface area contributed by atoms with Gasteiger partial charge in [-0.15, -0.1) is 0 Å². The van der Waals surface area contributed by atoms with Gasteiger partial charge in [-0.3, -0.25) is 0 Å². The number of aliphatic carboxylic acids is 1. The van der Waals surface area contributed by atoms with Gasteiger partial charge in [-0.05, 0) is 36.3 Å². The average Bonchev–Trinajstić information content (AvgIpc) is 3.26. The zero-order chi connectivity index (χ0) is 24.5. The van der Waals surface area contributed by atoms with E-state index in [0.29, 0.717) is 17.4 Å². The number of hydrogen-bond donors (Lipinski definition) is 4. The molecule has 33 heavy (non-hydrogen) atoms. The van der Waals surface area contributed by atoms with E-state index in [9.17, 15) is 9.90 Å². The fraction of sp³-hybridized carbons (Fsp3) is 0.692. The zero-order valence-electron chi connectivity index (χ0n) is 20.9. The van der Waals surface area contributed by atoms with Crippen LogP contribution in [0.5, 0.6) is 0 Å². The first-order chi connectivity index (χ1) is 15.8. The first kappa shape index (κ1) is 28.6. The van der Waals surface area contributed by atoms with E-state index >= 15 is 0 Å². The first-order valence-corrected chi connectivity index (χ1v) is 12.6. The maximum Gasteiger partial charge on any atom is 0.328 e. The van der Waals surface area contributed by atoms with E-state index in [4.69, 9.17) is 16.8 Å². The molecule has 0 aliphatic heterocycles. The number of aromatic amines is 1. The number of H-pyrrole nitrogens is 1. The molecule has 1 aromatic heterocycles. The number of aromatic nitrogens is 1. The molecule has 0 fully saturated rings. The molecule has 1 heterocycles. The van der Waals surface area contributed by atoms with Crippen LogP contribution in [-0.2, 0) is 4.79 Å². The molecule has 0 amide bonds. The van der Waals surface area contributed by atoms with Crippen molar-refractivity contribution in [3.05, 3.63) is 35.3 Å². The summed E-state index contributed by atoms with van der Waals surface area (Å²) in [5.74, 6) is 0.971. The number of nitrogens with one attached hydrogen (secondary N) is 1. The van der Waals surface area contributed by atoms with Gasteiger partial charge in [0, 0.05) is 6.08 Å². The molecule has 0 saturated carbocycles. The molecule has 6 N–H and O–H groups in total. The lowest BCUT2D eigenvalue weighted by Gasteiger charge is -2.29. The van der Waals surface area contributed by atoms with Crippen LogP contribution in [-0.4, -0.2) is 34.6 Å². The van der Waals surface area contributed by atoms with Crippen molar-refractivity contribution in [3.63, 3.8) is 0 Å². The highest BCUT2D eigenvalue weighted by Gasteiger charge is 2.17. The Hall–Kier alpha value is -2.44. The minimum Gasteiger partial charge on any atom is -0.478 e. The summed E-state index contributed by atoms with van der Waals surface area (Å²) in [5, 5.41) is 14.2. The van der Waals surface area contributed by atoms with Crippen LogP contribution in [0.25, 0.3) is 5.32 Å². The predicted molar refractivity (Wildman–Crippen MR) is 139 cm³/mol. The fourth-order valence-electron chi connectivity index (χ4n) is 4.10. The summed E-state index contributed by atoms with van der Waals surface area (Å²) < 4.78 is 0. The molecule has 7 heteroatoms. The summed E-state index contributed by atoms with van der Waals surface area (Å²) >= 11 is 0. The molecule has 188 valence electrons. The van der Waals surface area contributed by atoms with Crippen molar-refractivity contribution in [3.8, 4) is 0 Å². The SMILES string of the molecule is CCCCCCCCC(CCC(C)C)CCC([N-]c1ccc[nH]1)C(=CC(=O)O)CN=C(N)N. The van der Waals surface area contributed by atoms with E-state index in [1.807, 2.05) is 18.3 Å². The Balaban J connectivity index is 2.86. The molecule has 0 bridgehead atoms. The maximum absolute atomic E-state index is 11.5. The molecule has 0 radical (unpaired) electrons. The Morgan fingerprint density at radius 3 is 2.39 bits per heavy atom. The Morgan fingerprint density at radius 2 is 1.79 bits per heavy atom. The van der Waals surface area contributed by atoms with Crippen LogP contribution in [0.4, 0.5) is 5.82 Å². The van der Waals surface area contributed by atoms with Crippen LogP contribution in [0.15, 0.2) is 35.0 Å². The van der Waals surface area contributed by atoms with Gasteiger partial charge in [-0.1, -0.05) is 103 Å². The third-order valence-electron chi connectivity index (χ3n) is 6.02. The lowest BCUT2D eigenvalue weighted by Crippen LogP contribution is -2.24. The van der Waals surface area contributed by atoms with Gasteiger partial charge in [0.1, 0.15) is 0 Å². The van der Waals surface area contributed by atoms with Gasteiger partial charge in [-0.2, -0.15) is 0 Å². The highest BCUT2D eigenvalue weighted by Crippen LogP contribution is 2.31. The molecule has 1 aromatic rings. The molecule has 0 aliphatic carbocycles. The number of unbranched alkanes of at least 4 members (excludes halogenated alkanes) is 5. The summed E-state index contributed by atoms with van der Waals surface area (Å²) in [7, 11) is 0. The number of hydrogen-bond acceptors (Lipinski definition) is 2. The van der Waals surface area contributed by atoms with Crippen molar-refractivity contribution in [1.82, 2.24) is 4.98 Å². The van der Waals surface area contributed by atoms with E-state index in [1.54, 1.807) is 0 Å². The normalized spacial score (nSPS) is 13.6. The summed E-state index contributed by atoms with van der Waals surface area (Å²) in [6.45, 7) is 6.93. The molecule has 2 unspecified atom stereocenters. The van der Waals surface area contributed by atoms with E-state index in [1.165, 1.54) is 63.9 Å². The molecular formula is C26H46N5O2-. The Labute approximate surface area is 200 Å². The van der Waals surface area contributed by atoms with Crippen molar-refractivity contribution in [2.45, 2.75) is 97.4 Å². The molecule has 0 saturated heterocycles. The van der Waals surface area contributed by atoms with Crippen molar-refractivity contribution >= 4 is 17.7 Å². The number of nitrogens with two attached hydrogens (primary N) is 2. The van der Waals surface area contributed by atoms with Crippen molar-refractivity contribution < 1.29 is 9.90 Å². The van der Waals surface area contributed by atoms with Gasteiger partial charge in [0.05, 0.1) is 6.54 Å². The minimum atomic E-state index is -1.01. The van der Waals surface area contributed by atoms with E-state index in [-0.39, 0.29) is 18.5 Å². The largest absolute Gasteiger partial charge is 0.478 e. The maximum atomic E-state index is 11.5. The van der Waals surface area contributed by atoms with E-state index in [0.717, 1.165) is 18.7 Å². The monoisotopic (exact) mass is 460 g/mol. The van der Waals surface area contributed by atoms with E-state index in [2.05, 4.69) is 30.7 Å². The van der Waals surface area contributed by atoms with Crippen molar-refractivity contribution in [2.24, 2.45) is 28.3 Å². The molecular weight excluding hydrogens is 414 g/mol. The highest BCUT2D eigenvalue weighted by atomic mass is 16.4. The number of aliphatic imine (C=N–C) groups is 1. The van der Waals surface area contributed by atoms with Gasteiger partial charge >= 0.3 is 5.97 Å². The number of carboxylic acids is 1. The van der Waals surface area contributed by atoms with Gasteiger partial charge < -0.3 is 26.9 Å². The second-order valence-corrected chi connectivity index (χ2v) is 9.47. The smallest absolute Gasteiger partial charge is 0.328 e. The molecule has 0 aliphatic rings. The third-order valence-corrected chi connectivity index (χ3v) is 6.02. The van der Waals surface area contributed by atoms with Crippen molar-refractivity contribution in [2.75, 3.05) is 6.54 Å². The Morgan fingerprint density at radius 1 is 1.09 bits per heavy atom. The number of carboxylic acid groups (broad SMARTS) is 1. The second kappa shape index (κ2) is 17.1. The van der Waals surface area contributed by atoms with Crippen LogP contribution in [0.2, 0.25) is 0 Å². The summed E-state index contributed by atoms with van der Waals surface area (Å²) in [6.07, 6.45) is 16.3. The van der Waals surface area contributed by atoms with Crippen LogP contribution in [0.3, 0.4) is 0 Å². The number of guanidine groups is 1. The van der Waals surface area contributed by atoms with Gasteiger partial charge in [0.15, 0.2) is 5.96 Å². The van der Waals surface area contributed by atoms with Crippen LogP contribution in [0, 0.1) is 11.8 Å². The van der Waals surface area contributed by atoms with Crippen molar-refractivity contribution in [1.29, 1.82) is 0 Å². The molecule has 7 nitrogen and oxygen atoms in total. The van der Waals surface area contributed by atoms with Crippen LogP contribution in [0.1, 0.15) is 91.4 Å². The molecule has 0 aromatic carbocycles. The van der Waals surface area contributed by atoms with E-state index < -0.39 is 5.97 Å². The zero-order valence-corrected chi connectivity index (χ0v) is 20.9. The quantitative estimate of drug-likeness (QED) is 0.0839. The lowest BCUT2D eigenvalue weighted by molar-refractivity contribution is -0.131. The predicted octanol–water partition coefficient (Wildman–Crippen LogP) is 6.26. The lowest BCUT2D eigenvalue weighted by atomic mass is 9.87. The summed E-state index contributed by atoms with van der Waals surface area (Å²) in [4.78, 5) is 18.7. The van der Waals surface area contributed by atoms with Crippen LogP contribution < -0.4 is 11.5 Å². The van der Waals surface area contributed by atoms with Crippen LogP contribution >= 0.6 is 0 Å². The molecule has 2 atom stereocenters. The average molecular weight is 461 g/mol. The number of nitrogens with zero attached hydrogens (tertiary/aromatic N) is 2. The van der Waals surface area contributed by atoms with Gasteiger partial charge in [0.2, 0.25) is 0 Å². The fourth-order valence-corrected chi connectivity index (χ4v) is 4.10. The third kappa shape index (κ3) is 14.3. The Bertz CT molecular complexity index is 694. The topological polar surface area (TPSA) is 132 Å². The van der Waals surface area contributed by atoms with Gasteiger partial charge in [0.25, 0.3) is 0 Å². The minimum absolute atomic E-state index is 0.0530. The molecule has 0 spiro atoms.